The third kappa shape index (κ3) is 5.26. The molecule has 2 fully saturated rings. The van der Waals surface area contributed by atoms with Crippen LogP contribution < -0.4 is 14.8 Å². The third-order valence-corrected chi connectivity index (χ3v) is 6.44. The molecule has 0 saturated carbocycles. The number of amides is 1. The second kappa shape index (κ2) is 10.2. The zero-order chi connectivity index (χ0) is 22.7. The van der Waals surface area contributed by atoms with E-state index in [4.69, 9.17) is 38.0 Å². The predicted molar refractivity (Wildman–Crippen MR) is 131 cm³/mol. The molecule has 0 spiro atoms. The van der Waals surface area contributed by atoms with E-state index in [2.05, 4.69) is 21.2 Å². The Hall–Kier alpha value is -2.13. The Kier molecular flexibility index (Phi) is 7.35. The van der Waals surface area contributed by atoms with Crippen LogP contribution in [-0.2, 0) is 16.1 Å². The van der Waals surface area contributed by atoms with Gasteiger partial charge in [0.25, 0.3) is 5.91 Å². The molecule has 2 saturated heterocycles. The van der Waals surface area contributed by atoms with Crippen LogP contribution in [0.4, 0.5) is 0 Å². The Morgan fingerprint density at radius 3 is 2.84 bits per heavy atom. The van der Waals surface area contributed by atoms with Crippen LogP contribution >= 0.6 is 39.7 Å². The van der Waals surface area contributed by atoms with Gasteiger partial charge in [0.1, 0.15) is 23.8 Å². The number of ether oxygens (including phenoxy) is 3. The Labute approximate surface area is 205 Å². The van der Waals surface area contributed by atoms with Crippen LogP contribution in [0.3, 0.4) is 0 Å². The standard InChI is InChI=1S/C23H22BrClN2O4S/c1-29-20-6-4-14(9-15(20)13-31-21-7-5-16(25)11-18(21)24)10-19-22(28)27(23(32)26-19)12-17-3-2-8-30-17/h4-7,9-11,17H,2-3,8,12-13H2,1H3,(H,26,32)/b19-10+. The number of hydrogen-bond donors (Lipinski definition) is 1. The third-order valence-electron chi connectivity index (χ3n) is 5.27. The van der Waals surface area contributed by atoms with E-state index < -0.39 is 0 Å². The number of nitrogens with one attached hydrogen (secondary N) is 1. The van der Waals surface area contributed by atoms with Crippen molar-refractivity contribution in [2.45, 2.75) is 25.6 Å². The van der Waals surface area contributed by atoms with Crippen LogP contribution in [0.15, 0.2) is 46.6 Å². The summed E-state index contributed by atoms with van der Waals surface area (Å²) in [7, 11) is 1.61. The summed E-state index contributed by atoms with van der Waals surface area (Å²) in [5.41, 5.74) is 2.11. The lowest BCUT2D eigenvalue weighted by Crippen LogP contribution is -2.37. The molecule has 2 aromatic carbocycles. The van der Waals surface area contributed by atoms with Crippen molar-refractivity contribution in [3.05, 3.63) is 62.7 Å². The largest absolute Gasteiger partial charge is 0.496 e. The summed E-state index contributed by atoms with van der Waals surface area (Å²) in [5.74, 6) is 1.21. The van der Waals surface area contributed by atoms with E-state index in [0.29, 0.717) is 33.9 Å². The minimum Gasteiger partial charge on any atom is -0.496 e. The molecule has 2 heterocycles. The molecule has 0 aromatic heterocycles. The van der Waals surface area contributed by atoms with Gasteiger partial charge in [-0.05, 0) is 83.0 Å². The number of methoxy groups -OCH3 is 1. The highest BCUT2D eigenvalue weighted by molar-refractivity contribution is 9.10. The number of hydrogen-bond acceptors (Lipinski definition) is 5. The van der Waals surface area contributed by atoms with Crippen LogP contribution in [0, 0.1) is 0 Å². The lowest BCUT2D eigenvalue weighted by molar-refractivity contribution is -0.123. The molecule has 1 amide bonds. The lowest BCUT2D eigenvalue weighted by atomic mass is 10.1. The van der Waals surface area contributed by atoms with Crippen molar-refractivity contribution >= 4 is 56.8 Å². The maximum absolute atomic E-state index is 12.9. The topological polar surface area (TPSA) is 60.0 Å². The number of nitrogens with zero attached hydrogens (tertiary/aromatic N) is 1. The van der Waals surface area contributed by atoms with E-state index in [1.54, 1.807) is 36.3 Å². The first-order valence-electron chi connectivity index (χ1n) is 10.2. The molecule has 6 nitrogen and oxygen atoms in total. The average molecular weight is 538 g/mol. The van der Waals surface area contributed by atoms with Crippen LogP contribution in [0.1, 0.15) is 24.0 Å². The van der Waals surface area contributed by atoms with Gasteiger partial charge in [0.2, 0.25) is 0 Å². The predicted octanol–water partition coefficient (Wildman–Crippen LogP) is 4.93. The molecule has 0 bridgehead atoms. The maximum Gasteiger partial charge on any atom is 0.276 e. The Morgan fingerprint density at radius 1 is 1.31 bits per heavy atom. The number of rotatable bonds is 7. The van der Waals surface area contributed by atoms with Crippen molar-refractivity contribution in [1.29, 1.82) is 0 Å². The molecular weight excluding hydrogens is 516 g/mol. The molecule has 2 aliphatic rings. The fourth-order valence-electron chi connectivity index (χ4n) is 3.64. The summed E-state index contributed by atoms with van der Waals surface area (Å²) in [6, 6.07) is 11.0. The maximum atomic E-state index is 12.9. The van der Waals surface area contributed by atoms with E-state index in [0.717, 1.165) is 35.0 Å². The Balaban J connectivity index is 1.50. The van der Waals surface area contributed by atoms with E-state index in [1.807, 2.05) is 18.2 Å². The van der Waals surface area contributed by atoms with Crippen molar-refractivity contribution in [1.82, 2.24) is 10.2 Å². The first-order valence-corrected chi connectivity index (χ1v) is 11.7. The van der Waals surface area contributed by atoms with Crippen molar-refractivity contribution in [3.8, 4) is 11.5 Å². The van der Waals surface area contributed by atoms with E-state index >= 15 is 0 Å². The minimum atomic E-state index is -0.149. The second-order valence-electron chi connectivity index (χ2n) is 7.47. The molecule has 2 aromatic rings. The van der Waals surface area contributed by atoms with Crippen molar-refractivity contribution in [2.75, 3.05) is 20.3 Å². The lowest BCUT2D eigenvalue weighted by Gasteiger charge is -2.18. The van der Waals surface area contributed by atoms with E-state index in [1.165, 1.54) is 0 Å². The highest BCUT2D eigenvalue weighted by Crippen LogP contribution is 2.30. The van der Waals surface area contributed by atoms with Gasteiger partial charge >= 0.3 is 0 Å². The monoisotopic (exact) mass is 536 g/mol. The zero-order valence-corrected chi connectivity index (χ0v) is 20.6. The number of thiocarbonyl (C=S) groups is 1. The van der Waals surface area contributed by atoms with Crippen LogP contribution in [0.2, 0.25) is 5.02 Å². The number of halogens is 2. The van der Waals surface area contributed by atoms with Crippen molar-refractivity contribution in [2.24, 2.45) is 0 Å². The Bertz CT molecular complexity index is 1070. The fourth-order valence-corrected chi connectivity index (χ4v) is 4.71. The molecule has 4 rings (SSSR count). The smallest absolute Gasteiger partial charge is 0.276 e. The van der Waals surface area contributed by atoms with Gasteiger partial charge in [-0.15, -0.1) is 0 Å². The van der Waals surface area contributed by atoms with Gasteiger partial charge in [-0.1, -0.05) is 17.7 Å². The minimum absolute atomic E-state index is 0.0370. The number of carbonyl (C=O) groups is 1. The van der Waals surface area contributed by atoms with E-state index in [-0.39, 0.29) is 18.6 Å². The van der Waals surface area contributed by atoms with Crippen LogP contribution in [0.25, 0.3) is 6.08 Å². The molecule has 1 atom stereocenters. The highest BCUT2D eigenvalue weighted by atomic mass is 79.9. The molecule has 1 N–H and O–H groups in total. The molecule has 1 unspecified atom stereocenters. The Morgan fingerprint density at radius 2 is 2.12 bits per heavy atom. The number of carbonyl (C=O) groups excluding carboxylic acids is 1. The molecule has 168 valence electrons. The summed E-state index contributed by atoms with van der Waals surface area (Å²) in [4.78, 5) is 14.5. The van der Waals surface area contributed by atoms with Gasteiger partial charge in [0.15, 0.2) is 5.11 Å². The van der Waals surface area contributed by atoms with Gasteiger partial charge in [-0.2, -0.15) is 0 Å². The summed E-state index contributed by atoms with van der Waals surface area (Å²) in [6.07, 6.45) is 3.77. The van der Waals surface area contributed by atoms with Crippen LogP contribution in [0.5, 0.6) is 11.5 Å². The quantitative estimate of drug-likeness (QED) is 0.399. The molecule has 32 heavy (non-hydrogen) atoms. The van der Waals surface area contributed by atoms with Gasteiger partial charge < -0.3 is 19.5 Å². The summed E-state index contributed by atoms with van der Waals surface area (Å²) in [5, 5.41) is 4.05. The van der Waals surface area contributed by atoms with E-state index in [9.17, 15) is 4.79 Å². The summed E-state index contributed by atoms with van der Waals surface area (Å²) < 4.78 is 17.8. The summed E-state index contributed by atoms with van der Waals surface area (Å²) >= 11 is 14.8. The van der Waals surface area contributed by atoms with Gasteiger partial charge in [-0.3, -0.25) is 9.69 Å². The molecule has 0 radical (unpaired) electrons. The van der Waals surface area contributed by atoms with Gasteiger partial charge in [-0.25, -0.2) is 0 Å². The summed E-state index contributed by atoms with van der Waals surface area (Å²) in [6.45, 7) is 1.49. The zero-order valence-electron chi connectivity index (χ0n) is 17.4. The SMILES string of the molecule is COc1ccc(/C=C2/NC(=S)N(CC3CCCO3)C2=O)cc1COc1ccc(Cl)cc1Br. The second-order valence-corrected chi connectivity index (χ2v) is 9.15. The average Bonchev–Trinajstić information content (AvgIpc) is 3.37. The van der Waals surface area contributed by atoms with Gasteiger partial charge in [0.05, 0.1) is 24.2 Å². The highest BCUT2D eigenvalue weighted by Gasteiger charge is 2.33. The number of benzene rings is 2. The first kappa shape index (κ1) is 23.0. The first-order chi connectivity index (χ1) is 15.4. The molecule has 9 heteroatoms. The van der Waals surface area contributed by atoms with Crippen LogP contribution in [-0.4, -0.2) is 42.3 Å². The molecule has 0 aliphatic carbocycles. The van der Waals surface area contributed by atoms with Gasteiger partial charge in [0, 0.05) is 17.2 Å². The molecular formula is C23H22BrClN2O4S. The van der Waals surface area contributed by atoms with Crippen molar-refractivity contribution < 1.29 is 19.0 Å². The van der Waals surface area contributed by atoms with Crippen molar-refractivity contribution in [3.63, 3.8) is 0 Å². The fraction of sp³-hybridized carbons (Fsp3) is 0.304. The normalized spacial score (nSPS) is 19.5. The molecule has 2 aliphatic heterocycles.